The summed E-state index contributed by atoms with van der Waals surface area (Å²) in [5.74, 6) is -3.44. The first-order chi connectivity index (χ1) is 15.7. The largest absolute Gasteiger partial charge is 0.870 e. The van der Waals surface area contributed by atoms with E-state index < -0.39 is 36.5 Å². The summed E-state index contributed by atoms with van der Waals surface area (Å²) in [6.45, 7) is 6.65. The number of carbonyl (C=O) groups is 3. The molecule has 1 aromatic carbocycles. The Morgan fingerprint density at radius 1 is 1.12 bits per heavy atom. The van der Waals surface area contributed by atoms with E-state index in [0.717, 1.165) is 33.0 Å². The highest BCUT2D eigenvalue weighted by Crippen LogP contribution is 2.47. The van der Waals surface area contributed by atoms with Crippen molar-refractivity contribution >= 4 is 53.6 Å². The fraction of sp³-hybridized carbons (Fsp3) is 0.400. The summed E-state index contributed by atoms with van der Waals surface area (Å²) >= 11 is 1.27. The van der Waals surface area contributed by atoms with Crippen molar-refractivity contribution in [2.45, 2.75) is 31.2 Å². The van der Waals surface area contributed by atoms with E-state index in [0.29, 0.717) is 29.3 Å². The third kappa shape index (κ3) is 4.42. The van der Waals surface area contributed by atoms with Crippen LogP contribution in [-0.4, -0.2) is 56.0 Å². The maximum atomic E-state index is 15.0. The minimum Gasteiger partial charge on any atom is -0.462 e. The average Bonchev–Trinajstić information content (AvgIpc) is 2.73. The summed E-state index contributed by atoms with van der Waals surface area (Å²) in [4.78, 5) is 50.5. The van der Waals surface area contributed by atoms with Gasteiger partial charge in [-0.05, 0) is 19.1 Å². The van der Waals surface area contributed by atoms with Crippen LogP contribution in [0.1, 0.15) is 36.5 Å². The van der Waals surface area contributed by atoms with Gasteiger partial charge < -0.3 is 28.7 Å². The van der Waals surface area contributed by atoms with Crippen molar-refractivity contribution in [3.63, 3.8) is 0 Å². The molecule has 10 nitrogen and oxygen atoms in total. The molecule has 0 saturated carbocycles. The Morgan fingerprint density at radius 3 is 2.33 bits per heavy atom. The Balaban J connectivity index is 1.77. The summed E-state index contributed by atoms with van der Waals surface area (Å²) < 4.78 is 31.1. The van der Waals surface area contributed by atoms with Crippen molar-refractivity contribution in [3.05, 3.63) is 33.7 Å². The van der Waals surface area contributed by atoms with Crippen molar-refractivity contribution in [2.24, 2.45) is 0 Å². The van der Waals surface area contributed by atoms with Gasteiger partial charge in [0.25, 0.3) is 11.9 Å². The second-order valence-electron chi connectivity index (χ2n) is 7.57. The van der Waals surface area contributed by atoms with Gasteiger partial charge in [-0.15, -0.1) is 0 Å². The highest BCUT2D eigenvalue weighted by Gasteiger charge is 2.39. The Labute approximate surface area is 192 Å². The smallest absolute Gasteiger partial charge is 0.462 e. The van der Waals surface area contributed by atoms with Crippen molar-refractivity contribution in [3.8, 4) is 0 Å². The van der Waals surface area contributed by atoms with Crippen molar-refractivity contribution in [1.82, 2.24) is 9.88 Å². The van der Waals surface area contributed by atoms with Crippen LogP contribution in [0.2, 0.25) is 0 Å². The molecule has 1 unspecified atom stereocenters. The number of nitrogens with zero attached hydrogens (tertiary/aromatic N) is 2. The third-order valence-corrected chi connectivity index (χ3v) is 6.44. The van der Waals surface area contributed by atoms with Gasteiger partial charge in [-0.25, -0.2) is 9.18 Å². The van der Waals surface area contributed by atoms with Crippen LogP contribution in [0, 0.1) is 5.82 Å². The van der Waals surface area contributed by atoms with Crippen LogP contribution in [-0.2, 0) is 23.6 Å². The second kappa shape index (κ2) is 9.06. The molecule has 1 N–H and O–H groups in total. The lowest BCUT2D eigenvalue weighted by Gasteiger charge is -2.34. The van der Waals surface area contributed by atoms with E-state index in [2.05, 4.69) is 14.6 Å². The number of rotatable bonds is 5. The molecule has 0 radical (unpaired) electrons. The molecule has 2 aliphatic rings. The molecule has 2 aliphatic heterocycles. The first-order valence-electron chi connectivity index (χ1n) is 10.3. The minimum atomic E-state index is -1.95. The van der Waals surface area contributed by atoms with E-state index in [1.807, 2.05) is 11.8 Å². The van der Waals surface area contributed by atoms with Gasteiger partial charge in [-0.2, -0.15) is 0 Å². The molecule has 0 spiro atoms. The number of fused-ring (bicyclic) bond motifs is 3. The predicted octanol–water partition coefficient (Wildman–Crippen LogP) is 1.44. The number of anilines is 1. The highest BCUT2D eigenvalue weighted by atomic mass is 32.2. The normalized spacial score (nSPS) is 17.1. The first kappa shape index (κ1) is 23.1. The van der Waals surface area contributed by atoms with E-state index in [4.69, 9.17) is 4.65 Å². The molecular formula is C20H21BFN3O7S. The standard InChI is InChI=1S/C20H21BFN3O7S/c1-10-25-15-9-16(24-6-4-23-5-7-24)14(22)8-13(15)18(28)17(19(25)33-10)20(29)32-21(30-11(2)26)31-12(3)27/h8-10,23H,4-7H2,1-3H3. The van der Waals surface area contributed by atoms with Crippen LogP contribution >= 0.6 is 11.8 Å². The number of hydrogen-bond donors (Lipinski definition) is 1. The molecule has 2 aromatic rings. The zero-order valence-corrected chi connectivity index (χ0v) is 19.0. The van der Waals surface area contributed by atoms with Gasteiger partial charge in [0.05, 0.1) is 21.6 Å². The van der Waals surface area contributed by atoms with E-state index in [1.54, 1.807) is 10.6 Å². The summed E-state index contributed by atoms with van der Waals surface area (Å²) in [5.41, 5.74) is -0.174. The zero-order chi connectivity index (χ0) is 23.9. The highest BCUT2D eigenvalue weighted by molar-refractivity contribution is 8.00. The SMILES string of the molecule is CC(=O)OB(OC(C)=O)OC(=O)c1c2n(c3cc(N4CCNCC4)c(F)cc3c1=O)C(C)S2. The van der Waals surface area contributed by atoms with Gasteiger partial charge in [-0.3, -0.25) is 14.4 Å². The summed E-state index contributed by atoms with van der Waals surface area (Å²) in [6, 6.07) is 2.76. The Morgan fingerprint density at radius 2 is 1.76 bits per heavy atom. The van der Waals surface area contributed by atoms with E-state index in [-0.39, 0.29) is 16.3 Å². The summed E-state index contributed by atoms with van der Waals surface area (Å²) in [6.07, 6.45) is 0. The number of benzene rings is 1. The van der Waals surface area contributed by atoms with E-state index in [9.17, 15) is 19.2 Å². The number of pyridine rings is 1. The average molecular weight is 477 g/mol. The van der Waals surface area contributed by atoms with Crippen molar-refractivity contribution in [2.75, 3.05) is 31.1 Å². The third-order valence-electron chi connectivity index (χ3n) is 5.26. The molecule has 1 saturated heterocycles. The fourth-order valence-electron chi connectivity index (χ4n) is 3.85. The van der Waals surface area contributed by atoms with E-state index >= 15 is 4.39 Å². The van der Waals surface area contributed by atoms with Gasteiger partial charge in [0, 0.05) is 45.4 Å². The van der Waals surface area contributed by atoms with Crippen LogP contribution in [0.3, 0.4) is 0 Å². The quantitative estimate of drug-likeness (QED) is 0.635. The Hall–Kier alpha value is -3.06. The summed E-state index contributed by atoms with van der Waals surface area (Å²) in [7, 11) is -1.95. The number of thioether (sulfide) groups is 1. The van der Waals surface area contributed by atoms with Gasteiger partial charge in [0.2, 0.25) is 5.43 Å². The van der Waals surface area contributed by atoms with Crippen molar-refractivity contribution < 1.29 is 32.7 Å². The number of hydrogen-bond acceptors (Lipinski definition) is 10. The van der Waals surface area contributed by atoms with Gasteiger partial charge in [0.15, 0.2) is 0 Å². The lowest BCUT2D eigenvalue weighted by Crippen LogP contribution is -2.44. The summed E-state index contributed by atoms with van der Waals surface area (Å²) in [5, 5.41) is 3.45. The lowest BCUT2D eigenvalue weighted by molar-refractivity contribution is -0.139. The molecule has 33 heavy (non-hydrogen) atoms. The molecule has 3 heterocycles. The second-order valence-corrected chi connectivity index (χ2v) is 8.87. The van der Waals surface area contributed by atoms with Crippen LogP contribution in [0.15, 0.2) is 22.0 Å². The topological polar surface area (TPSA) is 116 Å². The van der Waals surface area contributed by atoms with Gasteiger partial charge >= 0.3 is 13.3 Å². The molecule has 0 aliphatic carbocycles. The van der Waals surface area contributed by atoms with E-state index in [1.165, 1.54) is 11.8 Å². The number of aromatic nitrogens is 1. The zero-order valence-electron chi connectivity index (χ0n) is 18.2. The first-order valence-corrected chi connectivity index (χ1v) is 11.1. The molecule has 1 atom stereocenters. The molecular weight excluding hydrogens is 456 g/mol. The molecule has 13 heteroatoms. The molecule has 1 aromatic heterocycles. The molecule has 0 bridgehead atoms. The van der Waals surface area contributed by atoms with Gasteiger partial charge in [0.1, 0.15) is 11.4 Å². The minimum absolute atomic E-state index is 0.0192. The van der Waals surface area contributed by atoms with Crippen LogP contribution in [0.5, 0.6) is 0 Å². The maximum Gasteiger partial charge on any atom is 0.870 e. The molecule has 174 valence electrons. The predicted molar refractivity (Wildman–Crippen MR) is 119 cm³/mol. The Kier molecular flexibility index (Phi) is 6.35. The maximum absolute atomic E-state index is 15.0. The lowest BCUT2D eigenvalue weighted by atomic mass is 10.1. The van der Waals surface area contributed by atoms with Crippen LogP contribution < -0.4 is 15.6 Å². The monoisotopic (exact) mass is 477 g/mol. The Bertz CT molecular complexity index is 1200. The van der Waals surface area contributed by atoms with Gasteiger partial charge in [-0.1, -0.05) is 11.8 Å². The molecule has 4 rings (SSSR count). The molecule has 0 amide bonds. The molecule has 1 fully saturated rings. The van der Waals surface area contributed by atoms with Crippen molar-refractivity contribution in [1.29, 1.82) is 0 Å². The number of piperazine rings is 1. The van der Waals surface area contributed by atoms with Crippen LogP contribution in [0.4, 0.5) is 10.1 Å². The number of nitrogens with one attached hydrogen (secondary N) is 1. The van der Waals surface area contributed by atoms with Crippen LogP contribution in [0.25, 0.3) is 10.9 Å². The number of halogens is 1. The fourth-order valence-corrected chi connectivity index (χ4v) is 5.00. The number of carbonyl (C=O) groups excluding carboxylic acids is 3.